The zero-order chi connectivity index (χ0) is 13.9. The Balaban J connectivity index is 2.00. The lowest BCUT2D eigenvalue weighted by atomic mass is 9.77. The molecule has 0 saturated heterocycles. The number of aliphatic hydroxyl groups is 1. The van der Waals surface area contributed by atoms with E-state index in [9.17, 15) is 9.50 Å². The lowest BCUT2D eigenvalue weighted by molar-refractivity contribution is 0.104. The zero-order valence-corrected chi connectivity index (χ0v) is 12.8. The molecule has 0 aliphatic heterocycles. The highest BCUT2D eigenvalue weighted by Crippen LogP contribution is 2.32. The van der Waals surface area contributed by atoms with Gasteiger partial charge < -0.3 is 10.4 Å². The minimum atomic E-state index is -0.230. The minimum absolute atomic E-state index is 0.123. The molecule has 0 heterocycles. The highest BCUT2D eigenvalue weighted by atomic mass is 79.9. The van der Waals surface area contributed by atoms with Crippen LogP contribution in [0.25, 0.3) is 0 Å². The van der Waals surface area contributed by atoms with Crippen LogP contribution in [0.2, 0.25) is 0 Å². The molecule has 2 N–H and O–H groups in total. The summed E-state index contributed by atoms with van der Waals surface area (Å²) in [6.07, 6.45) is 4.17. The van der Waals surface area contributed by atoms with Gasteiger partial charge >= 0.3 is 0 Å². The third-order valence-electron chi connectivity index (χ3n) is 4.20. The van der Waals surface area contributed by atoms with Gasteiger partial charge in [-0.15, -0.1) is 0 Å². The third kappa shape index (κ3) is 3.77. The third-order valence-corrected chi connectivity index (χ3v) is 4.70. The molecule has 1 aliphatic rings. The molecule has 2 rings (SSSR count). The predicted molar refractivity (Wildman–Crippen MR) is 78.4 cm³/mol. The van der Waals surface area contributed by atoms with Crippen LogP contribution in [-0.4, -0.2) is 17.3 Å². The highest BCUT2D eigenvalue weighted by Gasteiger charge is 2.33. The Kier molecular flexibility index (Phi) is 4.98. The van der Waals surface area contributed by atoms with Crippen LogP contribution in [0.5, 0.6) is 0 Å². The molecule has 1 aromatic carbocycles. The van der Waals surface area contributed by atoms with Crippen molar-refractivity contribution >= 4 is 15.9 Å². The van der Waals surface area contributed by atoms with Crippen LogP contribution in [0.15, 0.2) is 22.7 Å². The van der Waals surface area contributed by atoms with E-state index in [1.54, 1.807) is 6.07 Å². The quantitative estimate of drug-likeness (QED) is 0.884. The second-order valence-electron chi connectivity index (χ2n) is 5.71. The molecule has 0 atom stereocenters. The van der Waals surface area contributed by atoms with Crippen molar-refractivity contribution in [1.82, 2.24) is 5.32 Å². The van der Waals surface area contributed by atoms with E-state index in [2.05, 4.69) is 28.2 Å². The minimum Gasteiger partial charge on any atom is -0.394 e. The van der Waals surface area contributed by atoms with Gasteiger partial charge in [-0.1, -0.05) is 28.9 Å². The summed E-state index contributed by atoms with van der Waals surface area (Å²) < 4.78 is 14.5. The van der Waals surface area contributed by atoms with Crippen LogP contribution in [-0.2, 0) is 6.54 Å². The topological polar surface area (TPSA) is 32.3 Å². The predicted octanol–water partition coefficient (Wildman–Crippen LogP) is 3.62. The van der Waals surface area contributed by atoms with Gasteiger partial charge in [0.1, 0.15) is 5.82 Å². The van der Waals surface area contributed by atoms with E-state index in [0.29, 0.717) is 12.1 Å². The fourth-order valence-electron chi connectivity index (χ4n) is 2.65. The average Bonchev–Trinajstić information content (AvgIpc) is 2.40. The Bertz CT molecular complexity index is 430. The van der Waals surface area contributed by atoms with Gasteiger partial charge in [-0.3, -0.25) is 0 Å². The van der Waals surface area contributed by atoms with Gasteiger partial charge in [-0.25, -0.2) is 4.39 Å². The van der Waals surface area contributed by atoms with E-state index >= 15 is 0 Å². The first kappa shape index (κ1) is 14.9. The van der Waals surface area contributed by atoms with E-state index in [4.69, 9.17) is 0 Å². The van der Waals surface area contributed by atoms with Crippen LogP contribution in [0.1, 0.15) is 38.2 Å². The maximum atomic E-state index is 13.8. The van der Waals surface area contributed by atoms with Gasteiger partial charge in [-0.2, -0.15) is 0 Å². The summed E-state index contributed by atoms with van der Waals surface area (Å²) in [6, 6.07) is 5.10. The summed E-state index contributed by atoms with van der Waals surface area (Å²) in [4.78, 5) is 0. The molecule has 1 fully saturated rings. The summed E-state index contributed by atoms with van der Waals surface area (Å²) in [5.74, 6) is 0.519. The molecule has 0 radical (unpaired) electrons. The molecular formula is C15H21BrFNO. The summed E-state index contributed by atoms with van der Waals surface area (Å²) >= 11 is 3.25. The zero-order valence-electron chi connectivity index (χ0n) is 11.3. The molecule has 4 heteroatoms. The SMILES string of the molecule is CC1CCC(CO)(NCc2ccc(Br)cc2F)CC1. The summed E-state index contributed by atoms with van der Waals surface area (Å²) in [6.45, 7) is 2.83. The number of hydrogen-bond acceptors (Lipinski definition) is 2. The van der Waals surface area contributed by atoms with E-state index in [-0.39, 0.29) is 18.0 Å². The number of hydrogen-bond donors (Lipinski definition) is 2. The lowest BCUT2D eigenvalue weighted by Gasteiger charge is -2.39. The van der Waals surface area contributed by atoms with Crippen molar-refractivity contribution in [3.05, 3.63) is 34.1 Å². The van der Waals surface area contributed by atoms with Gasteiger partial charge in [0.25, 0.3) is 0 Å². The van der Waals surface area contributed by atoms with E-state index < -0.39 is 0 Å². The first-order valence-electron chi connectivity index (χ1n) is 6.84. The normalized spacial score (nSPS) is 27.5. The van der Waals surface area contributed by atoms with Crippen LogP contribution in [0, 0.1) is 11.7 Å². The van der Waals surface area contributed by atoms with Crippen LogP contribution in [0.3, 0.4) is 0 Å². The molecule has 0 amide bonds. The van der Waals surface area contributed by atoms with Crippen molar-refractivity contribution in [3.8, 4) is 0 Å². The van der Waals surface area contributed by atoms with Gasteiger partial charge in [0.15, 0.2) is 0 Å². The van der Waals surface area contributed by atoms with Crippen LogP contribution < -0.4 is 5.32 Å². The number of benzene rings is 1. The summed E-state index contributed by atoms with van der Waals surface area (Å²) in [5.41, 5.74) is 0.418. The Morgan fingerprint density at radius 3 is 2.68 bits per heavy atom. The first-order valence-corrected chi connectivity index (χ1v) is 7.64. The number of rotatable bonds is 4. The van der Waals surface area contributed by atoms with Crippen LogP contribution >= 0.6 is 15.9 Å². The van der Waals surface area contributed by atoms with Crippen molar-refractivity contribution in [3.63, 3.8) is 0 Å². The second-order valence-corrected chi connectivity index (χ2v) is 6.63. The summed E-state index contributed by atoms with van der Waals surface area (Å²) in [5, 5.41) is 13.0. The van der Waals surface area contributed by atoms with Crippen molar-refractivity contribution in [2.24, 2.45) is 5.92 Å². The maximum absolute atomic E-state index is 13.8. The van der Waals surface area contributed by atoms with Crippen molar-refractivity contribution in [1.29, 1.82) is 0 Å². The molecule has 106 valence electrons. The fourth-order valence-corrected chi connectivity index (χ4v) is 2.99. The molecular weight excluding hydrogens is 309 g/mol. The Labute approximate surface area is 122 Å². The molecule has 2 nitrogen and oxygen atoms in total. The standard InChI is InChI=1S/C15H21BrFNO/c1-11-4-6-15(10-19,7-5-11)18-9-12-2-3-13(16)8-14(12)17/h2-3,8,11,18-19H,4-7,9-10H2,1H3. The molecule has 19 heavy (non-hydrogen) atoms. The molecule has 0 spiro atoms. The highest BCUT2D eigenvalue weighted by molar-refractivity contribution is 9.10. The second kappa shape index (κ2) is 6.33. The van der Waals surface area contributed by atoms with Gasteiger partial charge in [0.05, 0.1) is 6.61 Å². The molecule has 0 aromatic heterocycles. The Morgan fingerprint density at radius 2 is 2.11 bits per heavy atom. The smallest absolute Gasteiger partial charge is 0.128 e. The van der Waals surface area contributed by atoms with E-state index in [0.717, 1.165) is 36.1 Å². The molecule has 1 aromatic rings. The van der Waals surface area contributed by atoms with Crippen molar-refractivity contribution < 1.29 is 9.50 Å². The van der Waals surface area contributed by atoms with Crippen molar-refractivity contribution in [2.75, 3.05) is 6.61 Å². The number of nitrogens with one attached hydrogen (secondary N) is 1. The molecule has 1 aliphatic carbocycles. The van der Waals surface area contributed by atoms with Gasteiger partial charge in [0.2, 0.25) is 0 Å². The largest absolute Gasteiger partial charge is 0.394 e. The molecule has 1 saturated carbocycles. The van der Waals surface area contributed by atoms with Gasteiger partial charge in [0, 0.05) is 22.1 Å². The van der Waals surface area contributed by atoms with Crippen molar-refractivity contribution in [2.45, 2.75) is 44.7 Å². The van der Waals surface area contributed by atoms with Gasteiger partial charge in [-0.05, 0) is 43.7 Å². The fraction of sp³-hybridized carbons (Fsp3) is 0.600. The average molecular weight is 330 g/mol. The van der Waals surface area contributed by atoms with E-state index in [1.807, 2.05) is 6.07 Å². The monoisotopic (exact) mass is 329 g/mol. The Morgan fingerprint density at radius 1 is 1.42 bits per heavy atom. The first-order chi connectivity index (χ1) is 9.04. The lowest BCUT2D eigenvalue weighted by Crippen LogP contribution is -2.50. The number of aliphatic hydroxyl groups excluding tert-OH is 1. The van der Waals surface area contributed by atoms with Crippen LogP contribution in [0.4, 0.5) is 4.39 Å². The molecule has 0 bridgehead atoms. The summed E-state index contributed by atoms with van der Waals surface area (Å²) in [7, 11) is 0. The Hall–Kier alpha value is -0.450. The molecule has 0 unspecified atom stereocenters. The van der Waals surface area contributed by atoms with E-state index in [1.165, 1.54) is 6.07 Å². The number of halogens is 2. The maximum Gasteiger partial charge on any atom is 0.128 e.